The Bertz CT molecular complexity index is 542. The average Bonchev–Trinajstić information content (AvgIpc) is 2.76. The number of rotatable bonds is 4. The molecule has 0 fully saturated rings. The van der Waals surface area contributed by atoms with Gasteiger partial charge in [-0.05, 0) is 31.0 Å². The van der Waals surface area contributed by atoms with Crippen LogP contribution in [0.15, 0.2) is 24.4 Å². The van der Waals surface area contributed by atoms with E-state index in [1.165, 1.54) is 13.2 Å². The van der Waals surface area contributed by atoms with Crippen molar-refractivity contribution in [1.29, 1.82) is 0 Å². The highest BCUT2D eigenvalue weighted by Gasteiger charge is 2.11. The van der Waals surface area contributed by atoms with Crippen molar-refractivity contribution in [3.05, 3.63) is 45.7 Å². The predicted octanol–water partition coefficient (Wildman–Crippen LogP) is 2.84. The first-order valence-electron chi connectivity index (χ1n) is 5.60. The number of halogens is 1. The highest BCUT2D eigenvalue weighted by molar-refractivity contribution is 7.11. The van der Waals surface area contributed by atoms with Gasteiger partial charge in [-0.2, -0.15) is 0 Å². The van der Waals surface area contributed by atoms with E-state index in [1.807, 2.05) is 13.0 Å². The van der Waals surface area contributed by atoms with Crippen LogP contribution in [0, 0.1) is 12.7 Å². The van der Waals surface area contributed by atoms with Crippen LogP contribution in [0.3, 0.4) is 0 Å². The SMILES string of the molecule is COc1ccc(CC(N)c2cnc(C)s2)cc1F. The van der Waals surface area contributed by atoms with E-state index < -0.39 is 0 Å². The van der Waals surface area contributed by atoms with Crippen molar-refractivity contribution in [1.82, 2.24) is 4.98 Å². The van der Waals surface area contributed by atoms with E-state index in [9.17, 15) is 4.39 Å². The van der Waals surface area contributed by atoms with E-state index >= 15 is 0 Å². The average molecular weight is 266 g/mol. The maximum atomic E-state index is 13.5. The molecule has 0 bridgehead atoms. The summed E-state index contributed by atoms with van der Waals surface area (Å²) >= 11 is 1.57. The Labute approximate surface area is 109 Å². The summed E-state index contributed by atoms with van der Waals surface area (Å²) in [7, 11) is 1.45. The van der Waals surface area contributed by atoms with Gasteiger partial charge in [0.2, 0.25) is 0 Å². The Morgan fingerprint density at radius 3 is 2.83 bits per heavy atom. The van der Waals surface area contributed by atoms with Gasteiger partial charge < -0.3 is 10.5 Å². The van der Waals surface area contributed by atoms with E-state index in [0.717, 1.165) is 15.4 Å². The van der Waals surface area contributed by atoms with Gasteiger partial charge in [-0.25, -0.2) is 9.37 Å². The number of ether oxygens (including phenoxy) is 1. The lowest BCUT2D eigenvalue weighted by atomic mass is 10.1. The third-order valence-corrected chi connectivity index (χ3v) is 3.72. The van der Waals surface area contributed by atoms with Crippen LogP contribution in [0.2, 0.25) is 0 Å². The van der Waals surface area contributed by atoms with Gasteiger partial charge in [-0.1, -0.05) is 6.07 Å². The lowest BCUT2D eigenvalue weighted by Gasteiger charge is -2.10. The number of nitrogens with two attached hydrogens (primary N) is 1. The Morgan fingerprint density at radius 2 is 2.28 bits per heavy atom. The summed E-state index contributed by atoms with van der Waals surface area (Å²) in [5.74, 6) is -0.108. The second-order valence-corrected chi connectivity index (χ2v) is 5.33. The van der Waals surface area contributed by atoms with E-state index in [-0.39, 0.29) is 17.6 Å². The molecule has 3 nitrogen and oxygen atoms in total. The molecule has 5 heteroatoms. The van der Waals surface area contributed by atoms with Gasteiger partial charge in [0.1, 0.15) is 0 Å². The highest BCUT2D eigenvalue weighted by atomic mass is 32.1. The molecule has 2 rings (SSSR count). The number of hydrogen-bond acceptors (Lipinski definition) is 4. The maximum absolute atomic E-state index is 13.5. The van der Waals surface area contributed by atoms with Gasteiger partial charge in [0.25, 0.3) is 0 Å². The molecule has 0 saturated carbocycles. The first kappa shape index (κ1) is 13.0. The summed E-state index contributed by atoms with van der Waals surface area (Å²) in [4.78, 5) is 5.19. The van der Waals surface area contributed by atoms with Gasteiger partial charge in [0, 0.05) is 17.1 Å². The number of nitrogens with zero attached hydrogens (tertiary/aromatic N) is 1. The van der Waals surface area contributed by atoms with Crippen LogP contribution in [-0.2, 0) is 6.42 Å². The molecule has 0 spiro atoms. The smallest absolute Gasteiger partial charge is 0.165 e. The van der Waals surface area contributed by atoms with Crippen molar-refractivity contribution in [2.45, 2.75) is 19.4 Å². The largest absolute Gasteiger partial charge is 0.494 e. The maximum Gasteiger partial charge on any atom is 0.165 e. The molecule has 1 aromatic carbocycles. The van der Waals surface area contributed by atoms with Crippen LogP contribution >= 0.6 is 11.3 Å². The zero-order valence-corrected chi connectivity index (χ0v) is 11.1. The number of aromatic nitrogens is 1. The first-order chi connectivity index (χ1) is 8.60. The fraction of sp³-hybridized carbons (Fsp3) is 0.308. The molecule has 0 aliphatic rings. The quantitative estimate of drug-likeness (QED) is 0.925. The second-order valence-electron chi connectivity index (χ2n) is 4.06. The molecule has 0 radical (unpaired) electrons. The summed E-state index contributed by atoms with van der Waals surface area (Å²) in [6, 6.07) is 4.77. The molecule has 1 unspecified atom stereocenters. The van der Waals surface area contributed by atoms with Crippen molar-refractivity contribution in [3.8, 4) is 5.75 Å². The third kappa shape index (κ3) is 2.86. The number of methoxy groups -OCH3 is 1. The molecule has 2 aromatic rings. The summed E-state index contributed by atoms with van der Waals surface area (Å²) in [5.41, 5.74) is 6.93. The highest BCUT2D eigenvalue weighted by Crippen LogP contribution is 2.24. The molecule has 96 valence electrons. The Kier molecular flexibility index (Phi) is 3.93. The van der Waals surface area contributed by atoms with Crippen LogP contribution in [0.1, 0.15) is 21.5 Å². The molecule has 0 aliphatic heterocycles. The lowest BCUT2D eigenvalue weighted by molar-refractivity contribution is 0.386. The number of hydrogen-bond donors (Lipinski definition) is 1. The number of thiazole rings is 1. The Morgan fingerprint density at radius 1 is 1.50 bits per heavy atom. The Hall–Kier alpha value is -1.46. The predicted molar refractivity (Wildman–Crippen MR) is 70.4 cm³/mol. The monoisotopic (exact) mass is 266 g/mol. The minimum Gasteiger partial charge on any atom is -0.494 e. The van der Waals surface area contributed by atoms with Gasteiger partial charge in [-0.15, -0.1) is 11.3 Å². The summed E-state index contributed by atoms with van der Waals surface area (Å²) in [6.07, 6.45) is 2.37. The fourth-order valence-electron chi connectivity index (χ4n) is 1.74. The molecular weight excluding hydrogens is 251 g/mol. The van der Waals surface area contributed by atoms with Crippen LogP contribution in [0.5, 0.6) is 5.75 Å². The molecule has 18 heavy (non-hydrogen) atoms. The van der Waals surface area contributed by atoms with Crippen molar-refractivity contribution < 1.29 is 9.13 Å². The van der Waals surface area contributed by atoms with Gasteiger partial charge in [0.05, 0.1) is 12.1 Å². The number of benzene rings is 1. The zero-order valence-electron chi connectivity index (χ0n) is 10.3. The first-order valence-corrected chi connectivity index (χ1v) is 6.42. The Balaban J connectivity index is 2.12. The molecule has 2 N–H and O–H groups in total. The summed E-state index contributed by atoms with van der Waals surface area (Å²) in [6.45, 7) is 1.94. The van der Waals surface area contributed by atoms with E-state index in [4.69, 9.17) is 10.5 Å². The molecule has 0 saturated heterocycles. The molecular formula is C13H15FN2OS. The van der Waals surface area contributed by atoms with Crippen LogP contribution in [-0.4, -0.2) is 12.1 Å². The fourth-order valence-corrected chi connectivity index (χ4v) is 2.53. The topological polar surface area (TPSA) is 48.1 Å². The van der Waals surface area contributed by atoms with Crippen molar-refractivity contribution in [2.24, 2.45) is 5.73 Å². The second kappa shape index (κ2) is 5.46. The van der Waals surface area contributed by atoms with Crippen molar-refractivity contribution >= 4 is 11.3 Å². The van der Waals surface area contributed by atoms with Gasteiger partial charge in [-0.3, -0.25) is 0 Å². The zero-order chi connectivity index (χ0) is 13.1. The minimum absolute atomic E-state index is 0.149. The van der Waals surface area contributed by atoms with Crippen LogP contribution < -0.4 is 10.5 Å². The third-order valence-electron chi connectivity index (χ3n) is 2.68. The number of aryl methyl sites for hydroxylation is 1. The normalized spacial score (nSPS) is 12.4. The van der Waals surface area contributed by atoms with Crippen LogP contribution in [0.4, 0.5) is 4.39 Å². The minimum atomic E-state index is -0.359. The lowest BCUT2D eigenvalue weighted by Crippen LogP contribution is -2.12. The molecule has 1 heterocycles. The molecule has 1 atom stereocenters. The van der Waals surface area contributed by atoms with E-state index in [2.05, 4.69) is 4.98 Å². The molecule has 1 aromatic heterocycles. The van der Waals surface area contributed by atoms with Gasteiger partial charge >= 0.3 is 0 Å². The van der Waals surface area contributed by atoms with E-state index in [0.29, 0.717) is 6.42 Å². The van der Waals surface area contributed by atoms with E-state index in [1.54, 1.807) is 23.6 Å². The molecule has 0 amide bonds. The molecule has 0 aliphatic carbocycles. The van der Waals surface area contributed by atoms with Crippen LogP contribution in [0.25, 0.3) is 0 Å². The standard InChI is InChI=1S/C13H15FN2OS/c1-8-16-7-13(18-8)11(15)6-9-3-4-12(17-2)10(14)5-9/h3-5,7,11H,6,15H2,1-2H3. The van der Waals surface area contributed by atoms with Crippen molar-refractivity contribution in [3.63, 3.8) is 0 Å². The van der Waals surface area contributed by atoms with Gasteiger partial charge in [0.15, 0.2) is 11.6 Å². The van der Waals surface area contributed by atoms with Crippen molar-refractivity contribution in [2.75, 3.05) is 7.11 Å². The summed E-state index contributed by atoms with van der Waals surface area (Å²) in [5, 5.41) is 0.987. The summed E-state index contributed by atoms with van der Waals surface area (Å²) < 4.78 is 18.4.